The van der Waals surface area contributed by atoms with E-state index >= 15 is 0 Å². The van der Waals surface area contributed by atoms with Crippen LogP contribution in [0.4, 0.5) is 0 Å². The van der Waals surface area contributed by atoms with Crippen LogP contribution in [0, 0.1) is 0 Å². The predicted molar refractivity (Wildman–Crippen MR) is 60.5 cm³/mol. The first kappa shape index (κ1) is 11.5. The third kappa shape index (κ3) is 5.01. The lowest BCUT2D eigenvalue weighted by atomic mass is 10.1. The summed E-state index contributed by atoms with van der Waals surface area (Å²) >= 11 is 0. The van der Waals surface area contributed by atoms with Crippen LogP contribution in [0.2, 0.25) is 0 Å². The quantitative estimate of drug-likeness (QED) is 0.557. The number of rotatable bonds is 4. The largest absolute Gasteiger partial charge is 0.460 e. The first-order valence-corrected chi connectivity index (χ1v) is 5.09. The van der Waals surface area contributed by atoms with E-state index in [-0.39, 0.29) is 12.1 Å². The lowest BCUT2D eigenvalue weighted by molar-refractivity contribution is -0.141. The van der Waals surface area contributed by atoms with Crippen molar-refractivity contribution in [2.75, 3.05) is 0 Å². The fourth-order valence-corrected chi connectivity index (χ4v) is 1.18. The molecule has 0 saturated carbocycles. The van der Waals surface area contributed by atoms with Gasteiger partial charge >= 0.3 is 5.97 Å². The summed E-state index contributed by atoms with van der Waals surface area (Å²) in [6, 6.07) is 9.99. The fourth-order valence-electron chi connectivity index (χ4n) is 1.18. The molecule has 2 heteroatoms. The van der Waals surface area contributed by atoms with Gasteiger partial charge in [-0.05, 0) is 25.8 Å². The minimum Gasteiger partial charge on any atom is -0.460 e. The van der Waals surface area contributed by atoms with Crippen molar-refractivity contribution in [2.45, 2.75) is 26.4 Å². The summed E-state index contributed by atoms with van der Waals surface area (Å²) in [4.78, 5) is 11.1. The van der Waals surface area contributed by atoms with E-state index in [2.05, 4.69) is 0 Å². The number of allylic oxidation sites excluding steroid dienone is 1. The maximum absolute atomic E-state index is 11.1. The highest BCUT2D eigenvalue weighted by atomic mass is 16.5. The molecule has 0 spiro atoms. The highest BCUT2D eigenvalue weighted by Crippen LogP contribution is 2.00. The van der Waals surface area contributed by atoms with Crippen LogP contribution >= 0.6 is 0 Å². The van der Waals surface area contributed by atoms with Crippen molar-refractivity contribution < 1.29 is 9.53 Å². The molecule has 15 heavy (non-hydrogen) atoms. The Hall–Kier alpha value is -1.57. The lowest BCUT2D eigenvalue weighted by Gasteiger charge is -2.03. The van der Waals surface area contributed by atoms with Gasteiger partial charge in [-0.1, -0.05) is 36.4 Å². The molecule has 0 fully saturated rings. The van der Waals surface area contributed by atoms with Crippen LogP contribution in [0.15, 0.2) is 42.5 Å². The number of hydrogen-bond acceptors (Lipinski definition) is 2. The predicted octanol–water partition coefficient (Wildman–Crippen LogP) is 2.74. The molecular weight excluding hydrogens is 188 g/mol. The molecule has 0 N–H and O–H groups in total. The average molecular weight is 204 g/mol. The molecule has 1 rings (SSSR count). The molecule has 2 nitrogen and oxygen atoms in total. The van der Waals surface area contributed by atoms with Crippen molar-refractivity contribution in [3.8, 4) is 0 Å². The Morgan fingerprint density at radius 3 is 2.60 bits per heavy atom. The van der Waals surface area contributed by atoms with Crippen molar-refractivity contribution in [3.05, 3.63) is 48.0 Å². The summed E-state index contributed by atoms with van der Waals surface area (Å²) in [5.74, 6) is -0.277. The van der Waals surface area contributed by atoms with Crippen LogP contribution in [-0.2, 0) is 16.0 Å². The zero-order valence-electron chi connectivity index (χ0n) is 9.14. The number of carbonyl (C=O) groups is 1. The van der Waals surface area contributed by atoms with Gasteiger partial charge in [-0.3, -0.25) is 0 Å². The zero-order chi connectivity index (χ0) is 11.1. The molecule has 0 amide bonds. The molecule has 0 aliphatic carbocycles. The molecule has 1 aromatic rings. The average Bonchev–Trinajstić information content (AvgIpc) is 2.18. The standard InChI is InChI=1S/C13H16O2/c1-11(2)15-13(14)10-6-9-12-7-4-3-5-8-12/h3-8,10-11H,9H2,1-2H3/b10-6-. The van der Waals surface area contributed by atoms with Gasteiger partial charge < -0.3 is 4.74 Å². The van der Waals surface area contributed by atoms with Gasteiger partial charge in [0.05, 0.1) is 6.10 Å². The second kappa shape index (κ2) is 6.02. The second-order valence-electron chi connectivity index (χ2n) is 3.58. The minimum atomic E-state index is -0.277. The third-order valence-corrected chi connectivity index (χ3v) is 1.80. The SMILES string of the molecule is CC(C)OC(=O)/C=C\Cc1ccccc1. The summed E-state index contributed by atoms with van der Waals surface area (Å²) < 4.78 is 4.96. The number of ether oxygens (including phenoxy) is 1. The van der Waals surface area contributed by atoms with Crippen LogP contribution in [-0.4, -0.2) is 12.1 Å². The van der Waals surface area contributed by atoms with Gasteiger partial charge in [0.25, 0.3) is 0 Å². The van der Waals surface area contributed by atoms with Crippen LogP contribution < -0.4 is 0 Å². The Morgan fingerprint density at radius 2 is 2.00 bits per heavy atom. The Kier molecular flexibility index (Phi) is 4.61. The molecular formula is C13H16O2. The zero-order valence-corrected chi connectivity index (χ0v) is 9.14. The first-order valence-electron chi connectivity index (χ1n) is 5.09. The number of hydrogen-bond donors (Lipinski definition) is 0. The van der Waals surface area contributed by atoms with E-state index in [4.69, 9.17) is 4.74 Å². The van der Waals surface area contributed by atoms with E-state index in [1.807, 2.05) is 50.3 Å². The topological polar surface area (TPSA) is 26.3 Å². The van der Waals surface area contributed by atoms with E-state index in [0.717, 1.165) is 6.42 Å². The number of carbonyl (C=O) groups excluding carboxylic acids is 1. The maximum Gasteiger partial charge on any atom is 0.330 e. The van der Waals surface area contributed by atoms with Crippen LogP contribution in [0.3, 0.4) is 0 Å². The minimum absolute atomic E-state index is 0.0566. The molecule has 0 aliphatic heterocycles. The Morgan fingerprint density at radius 1 is 1.33 bits per heavy atom. The molecule has 0 saturated heterocycles. The smallest absolute Gasteiger partial charge is 0.330 e. The molecule has 0 heterocycles. The van der Waals surface area contributed by atoms with E-state index < -0.39 is 0 Å². The molecule has 80 valence electrons. The van der Waals surface area contributed by atoms with Gasteiger partial charge in [0.15, 0.2) is 0 Å². The van der Waals surface area contributed by atoms with E-state index in [9.17, 15) is 4.79 Å². The van der Waals surface area contributed by atoms with Crippen molar-refractivity contribution in [1.82, 2.24) is 0 Å². The summed E-state index contributed by atoms with van der Waals surface area (Å²) in [6.07, 6.45) is 4.00. The summed E-state index contributed by atoms with van der Waals surface area (Å²) in [6.45, 7) is 3.67. The van der Waals surface area contributed by atoms with E-state index in [1.54, 1.807) is 0 Å². The van der Waals surface area contributed by atoms with E-state index in [0.29, 0.717) is 0 Å². The summed E-state index contributed by atoms with van der Waals surface area (Å²) in [7, 11) is 0. The van der Waals surface area contributed by atoms with Gasteiger partial charge in [-0.15, -0.1) is 0 Å². The normalized spacial score (nSPS) is 10.9. The number of benzene rings is 1. The first-order chi connectivity index (χ1) is 7.18. The molecule has 0 atom stereocenters. The molecule has 0 aromatic heterocycles. The van der Waals surface area contributed by atoms with Crippen LogP contribution in [0.25, 0.3) is 0 Å². The molecule has 0 aliphatic rings. The van der Waals surface area contributed by atoms with Gasteiger partial charge in [0.1, 0.15) is 0 Å². The number of esters is 1. The van der Waals surface area contributed by atoms with Crippen molar-refractivity contribution in [2.24, 2.45) is 0 Å². The molecule has 1 aromatic carbocycles. The van der Waals surface area contributed by atoms with Crippen LogP contribution in [0.1, 0.15) is 19.4 Å². The fraction of sp³-hybridized carbons (Fsp3) is 0.308. The second-order valence-corrected chi connectivity index (χ2v) is 3.58. The summed E-state index contributed by atoms with van der Waals surface area (Å²) in [5, 5.41) is 0. The summed E-state index contributed by atoms with van der Waals surface area (Å²) in [5.41, 5.74) is 1.19. The van der Waals surface area contributed by atoms with Gasteiger partial charge in [0.2, 0.25) is 0 Å². The highest BCUT2D eigenvalue weighted by molar-refractivity contribution is 5.82. The van der Waals surface area contributed by atoms with Crippen molar-refractivity contribution in [1.29, 1.82) is 0 Å². The Bertz CT molecular complexity index is 326. The molecule has 0 bridgehead atoms. The molecule has 0 radical (unpaired) electrons. The highest BCUT2D eigenvalue weighted by Gasteiger charge is 1.98. The van der Waals surface area contributed by atoms with Crippen LogP contribution in [0.5, 0.6) is 0 Å². The van der Waals surface area contributed by atoms with Crippen molar-refractivity contribution >= 4 is 5.97 Å². The monoisotopic (exact) mass is 204 g/mol. The van der Waals surface area contributed by atoms with Gasteiger partial charge in [-0.25, -0.2) is 4.79 Å². The Labute approximate surface area is 90.6 Å². The molecule has 0 unspecified atom stereocenters. The maximum atomic E-state index is 11.1. The van der Waals surface area contributed by atoms with Crippen molar-refractivity contribution in [3.63, 3.8) is 0 Å². The Balaban J connectivity index is 2.37. The van der Waals surface area contributed by atoms with E-state index in [1.165, 1.54) is 11.6 Å². The third-order valence-electron chi connectivity index (χ3n) is 1.80. The van der Waals surface area contributed by atoms with Gasteiger partial charge in [-0.2, -0.15) is 0 Å². The lowest BCUT2D eigenvalue weighted by Crippen LogP contribution is -2.08. The van der Waals surface area contributed by atoms with Gasteiger partial charge in [0, 0.05) is 6.08 Å².